The molecule has 0 amide bonds. The number of methoxy groups -OCH3 is 1. The molecular weight excluding hydrogens is 308 g/mol. The Morgan fingerprint density at radius 2 is 1.52 bits per heavy atom. The molecule has 0 aliphatic rings. The van der Waals surface area contributed by atoms with Crippen LogP contribution >= 0.6 is 0 Å². The number of hydrogen-bond acceptors (Lipinski definition) is 5. The van der Waals surface area contributed by atoms with Gasteiger partial charge in [0.05, 0.1) is 0 Å². The standard InChI is InChI=1S/C15H24O8/c1-5-6-7-8-9(16)10(11(17)18)15(23-4,13(21)22)14(2,3)12(19)20/h10H,5-8H2,1-4H3,(H,17,18)(H,19,20)(H,21,22). The van der Waals surface area contributed by atoms with Crippen LogP contribution in [0.3, 0.4) is 0 Å². The normalized spacial score (nSPS) is 15.5. The molecule has 2 atom stereocenters. The van der Waals surface area contributed by atoms with Gasteiger partial charge in [0, 0.05) is 13.5 Å². The molecule has 0 aromatic carbocycles. The number of hydrogen-bond donors (Lipinski definition) is 3. The Kier molecular flexibility index (Phi) is 7.36. The van der Waals surface area contributed by atoms with Crippen molar-refractivity contribution in [1.29, 1.82) is 0 Å². The summed E-state index contributed by atoms with van der Waals surface area (Å²) in [6.07, 6.45) is 1.71. The SMILES string of the molecule is CCCCCC(=O)C(C(=O)O)C(OC)(C(=O)O)C(C)(C)C(=O)O. The number of carboxylic acids is 3. The zero-order chi connectivity index (χ0) is 18.4. The minimum Gasteiger partial charge on any atom is -0.481 e. The van der Waals surface area contributed by atoms with Crippen LogP contribution in [0.2, 0.25) is 0 Å². The number of rotatable bonds is 11. The summed E-state index contributed by atoms with van der Waals surface area (Å²) in [5.74, 6) is -8.07. The Morgan fingerprint density at radius 1 is 1.00 bits per heavy atom. The molecule has 0 rings (SSSR count). The van der Waals surface area contributed by atoms with Gasteiger partial charge in [-0.3, -0.25) is 14.4 Å². The third kappa shape index (κ3) is 3.87. The van der Waals surface area contributed by atoms with Crippen molar-refractivity contribution in [2.24, 2.45) is 11.3 Å². The van der Waals surface area contributed by atoms with Crippen LogP contribution < -0.4 is 0 Å². The zero-order valence-corrected chi connectivity index (χ0v) is 13.8. The van der Waals surface area contributed by atoms with Gasteiger partial charge >= 0.3 is 17.9 Å². The smallest absolute Gasteiger partial charge is 0.338 e. The lowest BCUT2D eigenvalue weighted by atomic mass is 9.65. The van der Waals surface area contributed by atoms with Crippen LogP contribution in [0.25, 0.3) is 0 Å². The highest BCUT2D eigenvalue weighted by Gasteiger charge is 2.65. The molecule has 0 fully saturated rings. The van der Waals surface area contributed by atoms with Gasteiger partial charge in [0.2, 0.25) is 5.60 Å². The van der Waals surface area contributed by atoms with Crippen LogP contribution in [0, 0.1) is 11.3 Å². The molecule has 8 nitrogen and oxygen atoms in total. The summed E-state index contributed by atoms with van der Waals surface area (Å²) >= 11 is 0. The molecule has 0 aliphatic carbocycles. The Labute approximate surface area is 134 Å². The first kappa shape index (κ1) is 21.0. The molecule has 132 valence electrons. The molecule has 0 heterocycles. The molecule has 8 heteroatoms. The summed E-state index contributed by atoms with van der Waals surface area (Å²) in [4.78, 5) is 47.2. The van der Waals surface area contributed by atoms with Crippen molar-refractivity contribution < 1.29 is 39.2 Å². The molecule has 23 heavy (non-hydrogen) atoms. The van der Waals surface area contributed by atoms with Crippen LogP contribution in [0.4, 0.5) is 0 Å². The van der Waals surface area contributed by atoms with E-state index in [4.69, 9.17) is 4.74 Å². The minimum atomic E-state index is -2.71. The van der Waals surface area contributed by atoms with Crippen molar-refractivity contribution in [1.82, 2.24) is 0 Å². The summed E-state index contributed by atoms with van der Waals surface area (Å²) in [6.45, 7) is 3.95. The molecule has 0 bridgehead atoms. The second-order valence-electron chi connectivity index (χ2n) is 5.87. The van der Waals surface area contributed by atoms with Crippen LogP contribution in [-0.4, -0.2) is 51.7 Å². The number of carbonyl (C=O) groups excluding carboxylic acids is 1. The van der Waals surface area contributed by atoms with E-state index in [9.17, 15) is 34.5 Å². The van der Waals surface area contributed by atoms with Crippen LogP contribution in [0.1, 0.15) is 46.5 Å². The van der Waals surface area contributed by atoms with Gasteiger partial charge < -0.3 is 20.1 Å². The number of Topliss-reactive ketones (excluding diaryl/α,β-unsaturated/α-hetero) is 1. The first-order chi connectivity index (χ1) is 10.5. The first-order valence-corrected chi connectivity index (χ1v) is 7.28. The summed E-state index contributed by atoms with van der Waals surface area (Å²) in [5, 5.41) is 28.3. The Hall–Kier alpha value is -1.96. The Balaban J connectivity index is 6.09. The average molecular weight is 332 g/mol. The molecule has 0 radical (unpaired) electrons. The second-order valence-corrected chi connectivity index (χ2v) is 5.87. The molecule has 0 aromatic rings. The van der Waals surface area contributed by atoms with Crippen molar-refractivity contribution in [3.63, 3.8) is 0 Å². The monoisotopic (exact) mass is 332 g/mol. The lowest BCUT2D eigenvalue weighted by molar-refractivity contribution is -0.206. The van der Waals surface area contributed by atoms with Crippen molar-refractivity contribution in [2.45, 2.75) is 52.1 Å². The fourth-order valence-corrected chi connectivity index (χ4v) is 2.60. The van der Waals surface area contributed by atoms with Crippen LogP contribution in [0.5, 0.6) is 0 Å². The zero-order valence-electron chi connectivity index (χ0n) is 13.8. The van der Waals surface area contributed by atoms with E-state index in [0.29, 0.717) is 12.8 Å². The molecule has 3 N–H and O–H groups in total. The summed E-state index contributed by atoms with van der Waals surface area (Å²) in [5.41, 5.74) is -4.86. The highest BCUT2D eigenvalue weighted by atomic mass is 16.5. The van der Waals surface area contributed by atoms with E-state index in [1.165, 1.54) is 0 Å². The molecule has 0 aliphatic heterocycles. The van der Waals surface area contributed by atoms with Gasteiger partial charge in [0.15, 0.2) is 11.7 Å². The van der Waals surface area contributed by atoms with Gasteiger partial charge in [-0.05, 0) is 20.3 Å². The minimum absolute atomic E-state index is 0.154. The van der Waals surface area contributed by atoms with E-state index in [1.807, 2.05) is 6.92 Å². The number of carbonyl (C=O) groups is 4. The molecule has 0 saturated carbocycles. The van der Waals surface area contributed by atoms with Crippen LogP contribution in [-0.2, 0) is 23.9 Å². The molecule has 0 spiro atoms. The van der Waals surface area contributed by atoms with Crippen LogP contribution in [0.15, 0.2) is 0 Å². The lowest BCUT2D eigenvalue weighted by Crippen LogP contribution is -2.64. The number of ketones is 1. The Morgan fingerprint density at radius 3 is 1.83 bits per heavy atom. The number of aliphatic carboxylic acids is 3. The van der Waals surface area contributed by atoms with E-state index in [2.05, 4.69) is 0 Å². The highest BCUT2D eigenvalue weighted by molar-refractivity contribution is 6.06. The highest BCUT2D eigenvalue weighted by Crippen LogP contribution is 2.42. The van der Waals surface area contributed by atoms with Crippen molar-refractivity contribution in [3.05, 3.63) is 0 Å². The van der Waals surface area contributed by atoms with Gasteiger partial charge in [0.25, 0.3) is 0 Å². The molecule has 0 aromatic heterocycles. The molecular formula is C15H24O8. The van der Waals surface area contributed by atoms with E-state index in [-0.39, 0.29) is 6.42 Å². The van der Waals surface area contributed by atoms with Gasteiger partial charge in [-0.25, -0.2) is 4.79 Å². The largest absolute Gasteiger partial charge is 0.481 e. The predicted molar refractivity (Wildman–Crippen MR) is 79.1 cm³/mol. The summed E-state index contributed by atoms with van der Waals surface area (Å²) < 4.78 is 4.89. The van der Waals surface area contributed by atoms with E-state index in [0.717, 1.165) is 27.4 Å². The van der Waals surface area contributed by atoms with Gasteiger partial charge in [-0.1, -0.05) is 19.8 Å². The third-order valence-corrected chi connectivity index (χ3v) is 4.11. The number of unbranched alkanes of at least 4 members (excludes halogenated alkanes) is 2. The van der Waals surface area contributed by atoms with E-state index < -0.39 is 40.6 Å². The van der Waals surface area contributed by atoms with Crippen molar-refractivity contribution >= 4 is 23.7 Å². The van der Waals surface area contributed by atoms with E-state index >= 15 is 0 Å². The van der Waals surface area contributed by atoms with Gasteiger partial charge in [-0.15, -0.1) is 0 Å². The van der Waals surface area contributed by atoms with Crippen molar-refractivity contribution in [2.75, 3.05) is 7.11 Å². The Bertz CT molecular complexity index is 482. The fraction of sp³-hybridized carbons (Fsp3) is 0.733. The predicted octanol–water partition coefficient (Wildman–Crippen LogP) is 1.42. The third-order valence-electron chi connectivity index (χ3n) is 4.11. The first-order valence-electron chi connectivity index (χ1n) is 7.28. The second kappa shape index (κ2) is 8.05. The molecule has 0 saturated heterocycles. The quantitative estimate of drug-likeness (QED) is 0.381. The lowest BCUT2D eigenvalue weighted by Gasteiger charge is -2.42. The number of carboxylic acid groups (broad SMARTS) is 3. The van der Waals surface area contributed by atoms with Gasteiger partial charge in [0.1, 0.15) is 5.41 Å². The van der Waals surface area contributed by atoms with E-state index in [1.54, 1.807) is 0 Å². The fourth-order valence-electron chi connectivity index (χ4n) is 2.60. The maximum Gasteiger partial charge on any atom is 0.338 e. The number of ether oxygens (including phenoxy) is 1. The maximum atomic E-state index is 12.3. The summed E-state index contributed by atoms with van der Waals surface area (Å²) in [6, 6.07) is 0. The summed E-state index contributed by atoms with van der Waals surface area (Å²) in [7, 11) is 0.897. The van der Waals surface area contributed by atoms with Gasteiger partial charge in [-0.2, -0.15) is 0 Å². The topological polar surface area (TPSA) is 138 Å². The molecule has 2 unspecified atom stereocenters. The average Bonchev–Trinajstić information content (AvgIpc) is 2.43. The maximum absolute atomic E-state index is 12.3. The van der Waals surface area contributed by atoms with Crippen molar-refractivity contribution in [3.8, 4) is 0 Å².